The second-order valence-electron chi connectivity index (χ2n) is 7.69. The maximum absolute atomic E-state index is 14.7. The van der Waals surface area contributed by atoms with Crippen molar-refractivity contribution in [3.05, 3.63) is 62.5 Å². The number of thioether (sulfide) groups is 1. The molecule has 0 spiro atoms. The summed E-state index contributed by atoms with van der Waals surface area (Å²) in [7, 11) is 0. The largest absolute Gasteiger partial charge is 0.301 e. The van der Waals surface area contributed by atoms with Crippen molar-refractivity contribution in [1.82, 2.24) is 14.5 Å². The van der Waals surface area contributed by atoms with Gasteiger partial charge in [-0.2, -0.15) is 0 Å². The van der Waals surface area contributed by atoms with Gasteiger partial charge in [-0.3, -0.25) is 14.2 Å². The topological polar surface area (TPSA) is 76.9 Å². The summed E-state index contributed by atoms with van der Waals surface area (Å²) in [5.74, 6) is -0.192. The smallest absolute Gasteiger partial charge is 0.267 e. The lowest BCUT2D eigenvalue weighted by atomic mass is 9.89. The average Bonchev–Trinajstić information content (AvgIpc) is 3.40. The molecule has 5 rings (SSSR count). The molecule has 10 heteroatoms. The molecule has 3 heterocycles. The summed E-state index contributed by atoms with van der Waals surface area (Å²) in [6.07, 6.45) is 4.38. The van der Waals surface area contributed by atoms with Gasteiger partial charge in [-0.1, -0.05) is 30.8 Å². The summed E-state index contributed by atoms with van der Waals surface area (Å²) in [4.78, 5) is 36.7. The third-order valence-corrected chi connectivity index (χ3v) is 8.18. The summed E-state index contributed by atoms with van der Waals surface area (Å²) in [6, 6.07) is 6.15. The number of hydrogen-bond donors (Lipinski definition) is 1. The van der Waals surface area contributed by atoms with Gasteiger partial charge in [-0.05, 0) is 42.9 Å². The number of rotatable bonds is 5. The molecule has 0 fully saturated rings. The van der Waals surface area contributed by atoms with Crippen molar-refractivity contribution in [2.24, 2.45) is 5.92 Å². The molecule has 164 valence electrons. The van der Waals surface area contributed by atoms with Crippen LogP contribution in [0, 0.1) is 11.7 Å². The fourth-order valence-electron chi connectivity index (χ4n) is 3.88. The van der Waals surface area contributed by atoms with Crippen LogP contribution in [0.3, 0.4) is 0 Å². The molecule has 1 amide bonds. The first-order chi connectivity index (χ1) is 15.5. The minimum Gasteiger partial charge on any atom is -0.301 e. The highest BCUT2D eigenvalue weighted by Gasteiger charge is 2.26. The molecule has 1 unspecified atom stereocenters. The van der Waals surface area contributed by atoms with E-state index in [-0.39, 0.29) is 22.9 Å². The van der Waals surface area contributed by atoms with Gasteiger partial charge in [-0.15, -0.1) is 22.7 Å². The minimum absolute atomic E-state index is 0.0219. The van der Waals surface area contributed by atoms with Crippen molar-refractivity contribution in [1.29, 1.82) is 0 Å². The second kappa shape index (κ2) is 8.76. The van der Waals surface area contributed by atoms with Gasteiger partial charge in [0.05, 0.1) is 16.8 Å². The van der Waals surface area contributed by atoms with Crippen LogP contribution in [-0.2, 0) is 17.6 Å². The molecule has 0 saturated heterocycles. The number of nitrogens with one attached hydrogen (secondary N) is 1. The van der Waals surface area contributed by atoms with Gasteiger partial charge < -0.3 is 5.32 Å². The summed E-state index contributed by atoms with van der Waals surface area (Å²) in [5.41, 5.74) is 0.901. The molecule has 0 aliphatic heterocycles. The Morgan fingerprint density at radius 3 is 3.00 bits per heavy atom. The summed E-state index contributed by atoms with van der Waals surface area (Å²) < 4.78 is 16.0. The zero-order valence-corrected chi connectivity index (χ0v) is 19.6. The number of carbonyl (C=O) groups is 1. The molecule has 0 radical (unpaired) electrons. The van der Waals surface area contributed by atoms with E-state index in [4.69, 9.17) is 4.98 Å². The number of hydrogen-bond acceptors (Lipinski definition) is 7. The Morgan fingerprint density at radius 1 is 1.38 bits per heavy atom. The fraction of sp³-hybridized carbons (Fsp3) is 0.273. The highest BCUT2D eigenvalue weighted by Crippen LogP contribution is 2.37. The van der Waals surface area contributed by atoms with Gasteiger partial charge in [0.1, 0.15) is 10.6 Å². The van der Waals surface area contributed by atoms with E-state index < -0.39 is 5.82 Å². The van der Waals surface area contributed by atoms with Crippen LogP contribution in [0.5, 0.6) is 0 Å². The van der Waals surface area contributed by atoms with E-state index in [2.05, 4.69) is 17.2 Å². The number of benzene rings is 1. The van der Waals surface area contributed by atoms with Gasteiger partial charge in [0, 0.05) is 16.5 Å². The zero-order valence-electron chi connectivity index (χ0n) is 17.1. The van der Waals surface area contributed by atoms with Crippen LogP contribution >= 0.6 is 34.4 Å². The van der Waals surface area contributed by atoms with Crippen molar-refractivity contribution in [3.8, 4) is 5.69 Å². The minimum atomic E-state index is -0.512. The Hall–Kier alpha value is -2.56. The first-order valence-corrected chi connectivity index (χ1v) is 12.8. The van der Waals surface area contributed by atoms with Crippen LogP contribution in [0.4, 0.5) is 9.52 Å². The first kappa shape index (κ1) is 21.3. The summed E-state index contributed by atoms with van der Waals surface area (Å²) >= 11 is 3.97. The number of carbonyl (C=O) groups excluding carboxylic acids is 1. The Morgan fingerprint density at radius 2 is 2.22 bits per heavy atom. The second-order valence-corrected chi connectivity index (χ2v) is 10.6. The third kappa shape index (κ3) is 3.98. The molecule has 0 saturated carbocycles. The van der Waals surface area contributed by atoms with E-state index in [1.807, 2.05) is 0 Å². The van der Waals surface area contributed by atoms with Gasteiger partial charge in [0.25, 0.3) is 5.56 Å². The summed E-state index contributed by atoms with van der Waals surface area (Å²) in [6.45, 7) is 2.21. The van der Waals surface area contributed by atoms with Crippen LogP contribution in [0.15, 0.2) is 45.8 Å². The predicted molar refractivity (Wildman–Crippen MR) is 128 cm³/mol. The Kier molecular flexibility index (Phi) is 5.83. The molecule has 6 nitrogen and oxygen atoms in total. The third-order valence-electron chi connectivity index (χ3n) is 5.40. The van der Waals surface area contributed by atoms with Crippen LogP contribution in [0.1, 0.15) is 23.8 Å². The van der Waals surface area contributed by atoms with Crippen molar-refractivity contribution in [2.75, 3.05) is 11.1 Å². The normalized spacial score (nSPS) is 15.6. The number of fused-ring (bicyclic) bond motifs is 3. The Labute approximate surface area is 195 Å². The zero-order chi connectivity index (χ0) is 22.2. The molecule has 1 aromatic carbocycles. The molecule has 1 aliphatic carbocycles. The Bertz CT molecular complexity index is 1360. The van der Waals surface area contributed by atoms with E-state index >= 15 is 0 Å². The standard InChI is InChI=1S/C22H19FN4O2S3/c1-12-6-7-13-16(10-12)32-19-18(13)20(29)27(15-5-3-2-4-14(15)23)22(26-19)31-11-17(28)25-21-24-8-9-30-21/h2-5,8-9,12H,6-7,10-11H2,1H3,(H,24,25,28). The maximum Gasteiger partial charge on any atom is 0.267 e. The number of halogens is 1. The van der Waals surface area contributed by atoms with Gasteiger partial charge in [0.15, 0.2) is 10.3 Å². The fourth-order valence-corrected chi connectivity index (χ4v) is 6.66. The molecule has 4 aromatic rings. The SMILES string of the molecule is CC1CCc2c(sc3nc(SCC(=O)Nc4nccs4)n(-c4ccccc4F)c(=O)c23)C1. The quantitative estimate of drug-likeness (QED) is 0.321. The maximum atomic E-state index is 14.7. The molecule has 32 heavy (non-hydrogen) atoms. The highest BCUT2D eigenvalue weighted by atomic mass is 32.2. The van der Waals surface area contributed by atoms with E-state index in [1.165, 1.54) is 38.2 Å². The molecular weight excluding hydrogens is 467 g/mol. The number of thiazole rings is 1. The lowest BCUT2D eigenvalue weighted by Crippen LogP contribution is -2.24. The predicted octanol–water partition coefficient (Wildman–Crippen LogP) is 4.90. The lowest BCUT2D eigenvalue weighted by Gasteiger charge is -2.18. The van der Waals surface area contributed by atoms with E-state index in [1.54, 1.807) is 29.8 Å². The number of amides is 1. The lowest BCUT2D eigenvalue weighted by molar-refractivity contribution is -0.113. The number of aromatic nitrogens is 3. The average molecular weight is 487 g/mol. The number of para-hydroxylation sites is 1. The number of nitrogens with zero attached hydrogens (tertiary/aromatic N) is 3. The van der Waals surface area contributed by atoms with Crippen LogP contribution < -0.4 is 10.9 Å². The van der Waals surface area contributed by atoms with Crippen molar-refractivity contribution in [2.45, 2.75) is 31.3 Å². The van der Waals surface area contributed by atoms with E-state index in [9.17, 15) is 14.0 Å². The van der Waals surface area contributed by atoms with Crippen molar-refractivity contribution < 1.29 is 9.18 Å². The van der Waals surface area contributed by atoms with E-state index in [0.717, 1.165) is 36.6 Å². The van der Waals surface area contributed by atoms with Gasteiger partial charge in [-0.25, -0.2) is 14.4 Å². The highest BCUT2D eigenvalue weighted by molar-refractivity contribution is 7.99. The van der Waals surface area contributed by atoms with Gasteiger partial charge >= 0.3 is 0 Å². The first-order valence-electron chi connectivity index (χ1n) is 10.2. The number of thiophene rings is 1. The Balaban J connectivity index is 1.59. The molecule has 3 aromatic heterocycles. The van der Waals surface area contributed by atoms with Crippen LogP contribution in [0.2, 0.25) is 0 Å². The molecule has 0 bridgehead atoms. The van der Waals surface area contributed by atoms with Crippen molar-refractivity contribution in [3.63, 3.8) is 0 Å². The number of anilines is 1. The number of aryl methyl sites for hydroxylation is 1. The molecular formula is C22H19FN4O2S3. The van der Waals surface area contributed by atoms with Crippen LogP contribution in [-0.4, -0.2) is 26.2 Å². The van der Waals surface area contributed by atoms with E-state index in [0.29, 0.717) is 26.4 Å². The molecule has 1 N–H and O–H groups in total. The van der Waals surface area contributed by atoms with Gasteiger partial charge in [0.2, 0.25) is 5.91 Å². The van der Waals surface area contributed by atoms with Crippen LogP contribution in [0.25, 0.3) is 15.9 Å². The molecule has 1 aliphatic rings. The summed E-state index contributed by atoms with van der Waals surface area (Å²) in [5, 5.41) is 5.88. The van der Waals surface area contributed by atoms with Crippen molar-refractivity contribution >= 4 is 55.7 Å². The molecule has 1 atom stereocenters. The monoisotopic (exact) mass is 486 g/mol.